The van der Waals surface area contributed by atoms with Gasteiger partial charge in [-0.15, -0.1) is 0 Å². The molecule has 1 heterocycles. The van der Waals surface area contributed by atoms with Crippen molar-refractivity contribution in [3.63, 3.8) is 0 Å². The van der Waals surface area contributed by atoms with E-state index in [2.05, 4.69) is 37.9 Å². The van der Waals surface area contributed by atoms with E-state index in [1.165, 1.54) is 0 Å². The number of aliphatic imine (C=N–C) groups is 1. The third-order valence-corrected chi connectivity index (χ3v) is 2.05. The molecule has 0 aliphatic heterocycles. The van der Waals surface area contributed by atoms with E-state index < -0.39 is 0 Å². The Morgan fingerprint density at radius 1 is 1.60 bits per heavy atom. The van der Waals surface area contributed by atoms with Crippen LogP contribution in [0, 0.1) is 0 Å². The van der Waals surface area contributed by atoms with Crippen LogP contribution < -0.4 is 5.32 Å². The zero-order chi connectivity index (χ0) is 11.1. The number of anilines is 1. The number of rotatable bonds is 4. The summed E-state index contributed by atoms with van der Waals surface area (Å²) in [5.41, 5.74) is 0.849. The minimum atomic E-state index is 0.770. The second-order valence-corrected chi connectivity index (χ2v) is 3.67. The number of hydrogen-bond donors (Lipinski definition) is 1. The first-order valence-corrected chi connectivity index (χ1v) is 5.23. The minimum Gasteiger partial charge on any atom is -0.339 e. The molecule has 0 amide bonds. The molecule has 3 nitrogen and oxygen atoms in total. The third kappa shape index (κ3) is 4.08. The van der Waals surface area contributed by atoms with Crippen molar-refractivity contribution in [1.82, 2.24) is 4.98 Å². The summed E-state index contributed by atoms with van der Waals surface area (Å²) < 4.78 is 0.950. The van der Waals surface area contributed by atoms with E-state index in [1.807, 2.05) is 31.2 Å². The van der Waals surface area contributed by atoms with Gasteiger partial charge in [-0.2, -0.15) is 0 Å². The van der Waals surface area contributed by atoms with Gasteiger partial charge in [-0.05, 0) is 47.8 Å². The Morgan fingerprint density at radius 2 is 2.40 bits per heavy atom. The molecule has 0 aliphatic rings. The van der Waals surface area contributed by atoms with Crippen LogP contribution in [0.5, 0.6) is 0 Å². The normalized spacial score (nSPS) is 11.7. The minimum absolute atomic E-state index is 0.770. The fourth-order valence-corrected chi connectivity index (χ4v) is 1.23. The van der Waals surface area contributed by atoms with Crippen molar-refractivity contribution in [2.75, 3.05) is 5.32 Å². The number of hydrogen-bond acceptors (Lipinski definition) is 3. The van der Waals surface area contributed by atoms with Crippen molar-refractivity contribution >= 4 is 28.5 Å². The van der Waals surface area contributed by atoms with Crippen molar-refractivity contribution in [3.05, 3.63) is 46.9 Å². The molecule has 0 fully saturated rings. The average molecular weight is 266 g/mol. The molecule has 15 heavy (non-hydrogen) atoms. The molecule has 0 unspecified atom stereocenters. The summed E-state index contributed by atoms with van der Waals surface area (Å²) in [6.45, 7) is 5.35. The highest BCUT2D eigenvalue weighted by atomic mass is 79.9. The zero-order valence-electron chi connectivity index (χ0n) is 8.44. The number of pyridine rings is 1. The maximum absolute atomic E-state index is 4.19. The zero-order valence-corrected chi connectivity index (χ0v) is 10.0. The summed E-state index contributed by atoms with van der Waals surface area (Å²) in [5, 5.41) is 3.12. The van der Waals surface area contributed by atoms with Gasteiger partial charge in [-0.3, -0.25) is 4.99 Å². The quantitative estimate of drug-likeness (QED) is 0.670. The lowest BCUT2D eigenvalue weighted by molar-refractivity contribution is 1.26. The SMILES string of the molecule is C=N/C=C(\C=C/C)Nc1ccc(Br)cn1. The van der Waals surface area contributed by atoms with Crippen LogP contribution in [0.25, 0.3) is 0 Å². The number of halogens is 1. The molecule has 1 aromatic heterocycles. The van der Waals surface area contributed by atoms with Gasteiger partial charge in [0.2, 0.25) is 0 Å². The fourth-order valence-electron chi connectivity index (χ4n) is 0.993. The molecule has 0 spiro atoms. The molecule has 78 valence electrons. The number of aromatic nitrogens is 1. The number of nitrogens with one attached hydrogen (secondary N) is 1. The van der Waals surface area contributed by atoms with Crippen LogP contribution in [0.3, 0.4) is 0 Å². The van der Waals surface area contributed by atoms with E-state index in [0.717, 1.165) is 16.0 Å². The Labute approximate surface area is 97.8 Å². The van der Waals surface area contributed by atoms with Crippen LogP contribution in [0.2, 0.25) is 0 Å². The van der Waals surface area contributed by atoms with Gasteiger partial charge in [0, 0.05) is 16.9 Å². The van der Waals surface area contributed by atoms with Crippen molar-refractivity contribution in [1.29, 1.82) is 0 Å². The molecule has 0 aromatic carbocycles. The molecule has 0 radical (unpaired) electrons. The largest absolute Gasteiger partial charge is 0.339 e. The van der Waals surface area contributed by atoms with Gasteiger partial charge >= 0.3 is 0 Å². The fraction of sp³-hybridized carbons (Fsp3) is 0.0909. The first kappa shape index (κ1) is 11.7. The first-order valence-electron chi connectivity index (χ1n) is 4.43. The summed E-state index contributed by atoms with van der Waals surface area (Å²) >= 11 is 3.33. The van der Waals surface area contributed by atoms with Gasteiger partial charge in [-0.25, -0.2) is 4.98 Å². The topological polar surface area (TPSA) is 37.3 Å². The molecule has 4 heteroatoms. The molecule has 0 saturated heterocycles. The number of allylic oxidation sites excluding steroid dienone is 2. The van der Waals surface area contributed by atoms with Crippen molar-refractivity contribution in [3.8, 4) is 0 Å². The van der Waals surface area contributed by atoms with Gasteiger partial charge in [0.25, 0.3) is 0 Å². The second-order valence-electron chi connectivity index (χ2n) is 2.75. The number of nitrogens with zero attached hydrogens (tertiary/aromatic N) is 2. The lowest BCUT2D eigenvalue weighted by Gasteiger charge is -2.04. The van der Waals surface area contributed by atoms with Crippen LogP contribution in [0.4, 0.5) is 5.82 Å². The highest BCUT2D eigenvalue weighted by Gasteiger charge is 1.95. The van der Waals surface area contributed by atoms with E-state index in [4.69, 9.17) is 0 Å². The van der Waals surface area contributed by atoms with Crippen LogP contribution in [0.15, 0.2) is 51.8 Å². The van der Waals surface area contributed by atoms with Crippen molar-refractivity contribution < 1.29 is 0 Å². The van der Waals surface area contributed by atoms with Crippen LogP contribution in [-0.2, 0) is 0 Å². The summed E-state index contributed by atoms with van der Waals surface area (Å²) in [7, 11) is 0. The van der Waals surface area contributed by atoms with E-state index in [9.17, 15) is 0 Å². The van der Waals surface area contributed by atoms with Crippen LogP contribution in [-0.4, -0.2) is 11.7 Å². The molecule has 1 rings (SSSR count). The third-order valence-electron chi connectivity index (χ3n) is 1.58. The maximum Gasteiger partial charge on any atom is 0.130 e. The molecule has 1 N–H and O–H groups in total. The predicted octanol–water partition coefficient (Wildman–Crippen LogP) is 3.37. The summed E-state index contributed by atoms with van der Waals surface area (Å²) in [6.07, 6.45) is 7.20. The second kappa shape index (κ2) is 6.14. The maximum atomic E-state index is 4.19. The molecule has 0 atom stereocenters. The van der Waals surface area contributed by atoms with E-state index in [1.54, 1.807) is 12.4 Å². The monoisotopic (exact) mass is 265 g/mol. The van der Waals surface area contributed by atoms with Gasteiger partial charge in [0.15, 0.2) is 0 Å². The summed E-state index contributed by atoms with van der Waals surface area (Å²) in [6, 6.07) is 3.80. The molecule has 0 bridgehead atoms. The molecular weight excluding hydrogens is 254 g/mol. The first-order chi connectivity index (χ1) is 7.26. The lowest BCUT2D eigenvalue weighted by atomic mass is 10.4. The Hall–Kier alpha value is -1.42. The van der Waals surface area contributed by atoms with Crippen LogP contribution in [0.1, 0.15) is 6.92 Å². The Bertz CT molecular complexity index is 379. The van der Waals surface area contributed by atoms with E-state index in [0.29, 0.717) is 0 Å². The smallest absolute Gasteiger partial charge is 0.130 e. The summed E-state index contributed by atoms with van der Waals surface area (Å²) in [4.78, 5) is 7.89. The molecule has 0 saturated carbocycles. The lowest BCUT2D eigenvalue weighted by Crippen LogP contribution is -1.98. The van der Waals surface area contributed by atoms with Gasteiger partial charge in [0.05, 0.1) is 5.70 Å². The van der Waals surface area contributed by atoms with E-state index in [-0.39, 0.29) is 0 Å². The highest BCUT2D eigenvalue weighted by molar-refractivity contribution is 9.10. The Balaban J connectivity index is 2.78. The van der Waals surface area contributed by atoms with Crippen molar-refractivity contribution in [2.24, 2.45) is 4.99 Å². The molecule has 0 aliphatic carbocycles. The standard InChI is InChI=1S/C11H12BrN3/c1-3-4-10(8-13-2)15-11-6-5-9(12)7-14-11/h3-8H,2H2,1H3,(H,14,15)/b4-3-,10-8+. The van der Waals surface area contributed by atoms with Gasteiger partial charge in [-0.1, -0.05) is 6.08 Å². The van der Waals surface area contributed by atoms with Crippen LogP contribution >= 0.6 is 15.9 Å². The Morgan fingerprint density at radius 3 is 2.93 bits per heavy atom. The molecular formula is C11H12BrN3. The molecule has 1 aromatic rings. The van der Waals surface area contributed by atoms with Crippen molar-refractivity contribution in [2.45, 2.75) is 6.92 Å². The van der Waals surface area contributed by atoms with Gasteiger partial charge in [0.1, 0.15) is 5.82 Å². The van der Waals surface area contributed by atoms with Gasteiger partial charge < -0.3 is 5.32 Å². The summed E-state index contributed by atoms with van der Waals surface area (Å²) in [5.74, 6) is 0.770. The van der Waals surface area contributed by atoms with E-state index >= 15 is 0 Å². The predicted molar refractivity (Wildman–Crippen MR) is 68.0 cm³/mol. The average Bonchev–Trinajstić information content (AvgIpc) is 2.22. The Kier molecular flexibility index (Phi) is 4.77. The highest BCUT2D eigenvalue weighted by Crippen LogP contribution is 2.12.